The lowest BCUT2D eigenvalue weighted by Crippen LogP contribution is -2.30. The molecule has 18 heavy (non-hydrogen) atoms. The smallest absolute Gasteiger partial charge is 0.134 e. The van der Waals surface area contributed by atoms with Gasteiger partial charge in [0.15, 0.2) is 0 Å². The van der Waals surface area contributed by atoms with Crippen LogP contribution in [0.3, 0.4) is 0 Å². The zero-order chi connectivity index (χ0) is 12.8. The Morgan fingerprint density at radius 2 is 2.17 bits per heavy atom. The standard InChI is InChI=1S/C15H25NOS/c1-3-10-16-14(12-7-5-4-6-8-12)15-13(17-2)9-11-18-15/h9,11-12,14,16H,3-8,10H2,1-2H3. The van der Waals surface area contributed by atoms with Gasteiger partial charge in [-0.3, -0.25) is 0 Å². The molecular formula is C15H25NOS. The fraction of sp³-hybridized carbons (Fsp3) is 0.733. The van der Waals surface area contributed by atoms with Crippen molar-refractivity contribution in [2.24, 2.45) is 5.92 Å². The molecule has 1 aromatic heterocycles. The van der Waals surface area contributed by atoms with Crippen molar-refractivity contribution >= 4 is 11.3 Å². The first-order chi connectivity index (χ1) is 8.86. The molecule has 1 aromatic rings. The van der Waals surface area contributed by atoms with Crippen molar-refractivity contribution in [1.29, 1.82) is 0 Å². The van der Waals surface area contributed by atoms with Crippen LogP contribution in [0.1, 0.15) is 56.4 Å². The summed E-state index contributed by atoms with van der Waals surface area (Å²) in [5.74, 6) is 1.86. The Morgan fingerprint density at radius 3 is 2.83 bits per heavy atom. The van der Waals surface area contributed by atoms with Gasteiger partial charge in [0.25, 0.3) is 0 Å². The van der Waals surface area contributed by atoms with Gasteiger partial charge >= 0.3 is 0 Å². The summed E-state index contributed by atoms with van der Waals surface area (Å²) in [6, 6.07) is 2.60. The lowest BCUT2D eigenvalue weighted by atomic mass is 9.83. The Bertz CT molecular complexity index is 344. The predicted octanol–water partition coefficient (Wildman–Crippen LogP) is 4.38. The van der Waals surface area contributed by atoms with Crippen molar-refractivity contribution in [1.82, 2.24) is 5.32 Å². The molecule has 1 saturated carbocycles. The zero-order valence-electron chi connectivity index (χ0n) is 11.6. The van der Waals surface area contributed by atoms with Crippen LogP contribution >= 0.6 is 11.3 Å². The lowest BCUT2D eigenvalue weighted by molar-refractivity contribution is 0.269. The molecule has 2 rings (SSSR count). The number of hydrogen-bond acceptors (Lipinski definition) is 3. The van der Waals surface area contributed by atoms with Crippen LogP contribution in [0.5, 0.6) is 5.75 Å². The van der Waals surface area contributed by atoms with Gasteiger partial charge in [-0.1, -0.05) is 26.2 Å². The molecule has 1 heterocycles. The summed E-state index contributed by atoms with van der Waals surface area (Å²) >= 11 is 1.84. The van der Waals surface area contributed by atoms with Crippen LogP contribution in [0.15, 0.2) is 11.4 Å². The van der Waals surface area contributed by atoms with E-state index in [1.54, 1.807) is 7.11 Å². The van der Waals surface area contributed by atoms with E-state index >= 15 is 0 Å². The van der Waals surface area contributed by atoms with Gasteiger partial charge < -0.3 is 10.1 Å². The Labute approximate surface area is 115 Å². The van der Waals surface area contributed by atoms with Crippen molar-refractivity contribution in [2.45, 2.75) is 51.5 Å². The van der Waals surface area contributed by atoms with E-state index in [1.165, 1.54) is 43.4 Å². The van der Waals surface area contributed by atoms with Gasteiger partial charge in [-0.2, -0.15) is 0 Å². The SMILES string of the molecule is CCCNC(c1sccc1OC)C1CCCCC1. The van der Waals surface area contributed by atoms with Crippen LogP contribution in [0.25, 0.3) is 0 Å². The first kappa shape index (κ1) is 13.9. The average Bonchev–Trinajstić information content (AvgIpc) is 2.89. The summed E-state index contributed by atoms with van der Waals surface area (Å²) in [7, 11) is 1.78. The van der Waals surface area contributed by atoms with Gasteiger partial charge in [-0.05, 0) is 43.2 Å². The summed E-state index contributed by atoms with van der Waals surface area (Å²) < 4.78 is 5.51. The first-order valence-corrected chi connectivity index (χ1v) is 8.09. The molecule has 1 aliphatic rings. The predicted molar refractivity (Wildman–Crippen MR) is 78.5 cm³/mol. The zero-order valence-corrected chi connectivity index (χ0v) is 12.4. The van der Waals surface area contributed by atoms with E-state index in [0.29, 0.717) is 6.04 Å². The number of thiophene rings is 1. The molecule has 1 atom stereocenters. The van der Waals surface area contributed by atoms with Crippen molar-refractivity contribution < 1.29 is 4.74 Å². The Morgan fingerprint density at radius 1 is 1.39 bits per heavy atom. The van der Waals surface area contributed by atoms with Gasteiger partial charge in [-0.25, -0.2) is 0 Å². The average molecular weight is 267 g/mol. The maximum Gasteiger partial charge on any atom is 0.134 e. The largest absolute Gasteiger partial charge is 0.496 e. The van der Waals surface area contributed by atoms with E-state index in [4.69, 9.17) is 4.74 Å². The Hall–Kier alpha value is -0.540. The highest BCUT2D eigenvalue weighted by molar-refractivity contribution is 7.10. The molecule has 1 aliphatic carbocycles. The van der Waals surface area contributed by atoms with E-state index in [-0.39, 0.29) is 0 Å². The van der Waals surface area contributed by atoms with Gasteiger partial charge in [0.05, 0.1) is 12.0 Å². The highest BCUT2D eigenvalue weighted by Crippen LogP contribution is 2.40. The fourth-order valence-electron chi connectivity index (χ4n) is 2.95. The monoisotopic (exact) mass is 267 g/mol. The second-order valence-electron chi connectivity index (χ2n) is 5.18. The van der Waals surface area contributed by atoms with E-state index in [1.807, 2.05) is 11.3 Å². The van der Waals surface area contributed by atoms with Gasteiger partial charge in [0, 0.05) is 6.04 Å². The number of nitrogens with one attached hydrogen (secondary N) is 1. The summed E-state index contributed by atoms with van der Waals surface area (Å²) in [5.41, 5.74) is 0. The minimum Gasteiger partial charge on any atom is -0.496 e. The molecule has 1 unspecified atom stereocenters. The first-order valence-electron chi connectivity index (χ1n) is 7.21. The molecule has 2 nitrogen and oxygen atoms in total. The third-order valence-corrected chi connectivity index (χ3v) is 4.88. The maximum absolute atomic E-state index is 5.51. The van der Waals surface area contributed by atoms with Crippen LogP contribution in [0, 0.1) is 5.92 Å². The molecule has 0 bridgehead atoms. The number of ether oxygens (including phenoxy) is 1. The molecule has 0 spiro atoms. The summed E-state index contributed by atoms with van der Waals surface area (Å²) in [6.07, 6.45) is 8.12. The third-order valence-electron chi connectivity index (χ3n) is 3.90. The molecule has 0 radical (unpaired) electrons. The van der Waals surface area contributed by atoms with Gasteiger partial charge in [0.2, 0.25) is 0 Å². The minimum absolute atomic E-state index is 0.500. The molecule has 0 aromatic carbocycles. The Kier molecular flexibility index (Phi) is 5.51. The van der Waals surface area contributed by atoms with Crippen LogP contribution in [0.4, 0.5) is 0 Å². The van der Waals surface area contributed by atoms with E-state index in [2.05, 4.69) is 23.7 Å². The lowest BCUT2D eigenvalue weighted by Gasteiger charge is -2.31. The van der Waals surface area contributed by atoms with E-state index < -0.39 is 0 Å². The van der Waals surface area contributed by atoms with Crippen LogP contribution in [-0.4, -0.2) is 13.7 Å². The van der Waals surface area contributed by atoms with Gasteiger partial charge in [0.1, 0.15) is 5.75 Å². The molecule has 0 saturated heterocycles. The second-order valence-corrected chi connectivity index (χ2v) is 6.13. The van der Waals surface area contributed by atoms with Crippen LogP contribution in [-0.2, 0) is 0 Å². The minimum atomic E-state index is 0.500. The summed E-state index contributed by atoms with van der Waals surface area (Å²) in [6.45, 7) is 3.33. The second kappa shape index (κ2) is 7.15. The van der Waals surface area contributed by atoms with Crippen molar-refractivity contribution in [3.63, 3.8) is 0 Å². The quantitative estimate of drug-likeness (QED) is 0.826. The molecule has 1 N–H and O–H groups in total. The van der Waals surface area contributed by atoms with Crippen molar-refractivity contribution in [2.75, 3.05) is 13.7 Å². The number of rotatable bonds is 6. The molecule has 0 amide bonds. The molecule has 1 fully saturated rings. The normalized spacial score (nSPS) is 18.8. The van der Waals surface area contributed by atoms with Crippen molar-refractivity contribution in [3.05, 3.63) is 16.3 Å². The van der Waals surface area contributed by atoms with Gasteiger partial charge in [-0.15, -0.1) is 11.3 Å². The van der Waals surface area contributed by atoms with E-state index in [9.17, 15) is 0 Å². The number of methoxy groups -OCH3 is 1. The number of hydrogen-bond donors (Lipinski definition) is 1. The van der Waals surface area contributed by atoms with Crippen LogP contribution in [0.2, 0.25) is 0 Å². The topological polar surface area (TPSA) is 21.3 Å². The van der Waals surface area contributed by atoms with E-state index in [0.717, 1.165) is 18.2 Å². The fourth-order valence-corrected chi connectivity index (χ4v) is 3.97. The summed E-state index contributed by atoms with van der Waals surface area (Å²) in [4.78, 5) is 1.40. The molecular weight excluding hydrogens is 242 g/mol. The summed E-state index contributed by atoms with van der Waals surface area (Å²) in [5, 5.41) is 5.90. The molecule has 102 valence electrons. The highest BCUT2D eigenvalue weighted by Gasteiger charge is 2.27. The highest BCUT2D eigenvalue weighted by atomic mass is 32.1. The van der Waals surface area contributed by atoms with Crippen molar-refractivity contribution in [3.8, 4) is 5.75 Å². The Balaban J connectivity index is 2.12. The third kappa shape index (κ3) is 3.27. The maximum atomic E-state index is 5.51. The van der Waals surface area contributed by atoms with Crippen LogP contribution < -0.4 is 10.1 Å². The molecule has 3 heteroatoms. The molecule has 0 aliphatic heterocycles.